The molecule has 0 atom stereocenters. The van der Waals surface area contributed by atoms with E-state index in [1.165, 1.54) is 4.31 Å². The zero-order chi connectivity index (χ0) is 15.3. The van der Waals surface area contributed by atoms with Gasteiger partial charge in [0.15, 0.2) is 0 Å². The third-order valence-corrected chi connectivity index (χ3v) is 5.56. The van der Waals surface area contributed by atoms with E-state index in [9.17, 15) is 8.42 Å². The SMILES string of the molecule is CCCCN(CC)S(=O)(=O)c1ccc(C(N)=S)cc1C. The molecule has 0 aromatic heterocycles. The first-order valence-corrected chi connectivity index (χ1v) is 8.60. The maximum absolute atomic E-state index is 12.6. The molecule has 0 fully saturated rings. The van der Waals surface area contributed by atoms with E-state index in [0.29, 0.717) is 29.1 Å². The molecule has 0 saturated heterocycles. The van der Waals surface area contributed by atoms with Crippen molar-refractivity contribution in [1.82, 2.24) is 4.31 Å². The van der Waals surface area contributed by atoms with Gasteiger partial charge in [-0.15, -0.1) is 0 Å². The summed E-state index contributed by atoms with van der Waals surface area (Å²) < 4.78 is 26.8. The van der Waals surface area contributed by atoms with E-state index in [4.69, 9.17) is 18.0 Å². The second-order valence-electron chi connectivity index (χ2n) is 4.69. The van der Waals surface area contributed by atoms with E-state index in [-0.39, 0.29) is 4.99 Å². The Morgan fingerprint density at radius 2 is 2.00 bits per heavy atom. The summed E-state index contributed by atoms with van der Waals surface area (Å²) in [6.45, 7) is 6.68. The zero-order valence-corrected chi connectivity index (χ0v) is 13.9. The van der Waals surface area contributed by atoms with Crippen molar-refractivity contribution in [1.29, 1.82) is 0 Å². The van der Waals surface area contributed by atoms with Gasteiger partial charge in [0.05, 0.1) is 4.90 Å². The first kappa shape index (κ1) is 17.1. The highest BCUT2D eigenvalue weighted by atomic mass is 32.2. The van der Waals surface area contributed by atoms with Gasteiger partial charge in [0, 0.05) is 18.7 Å². The molecule has 0 unspecified atom stereocenters. The molecule has 0 aliphatic heterocycles. The van der Waals surface area contributed by atoms with E-state index < -0.39 is 10.0 Å². The summed E-state index contributed by atoms with van der Waals surface area (Å²) in [5.41, 5.74) is 6.92. The molecule has 0 aliphatic rings. The molecule has 1 aromatic rings. The van der Waals surface area contributed by atoms with Gasteiger partial charge < -0.3 is 5.73 Å². The Labute approximate surface area is 127 Å². The summed E-state index contributed by atoms with van der Waals surface area (Å²) >= 11 is 4.91. The minimum atomic E-state index is -3.45. The lowest BCUT2D eigenvalue weighted by Gasteiger charge is -2.21. The highest BCUT2D eigenvalue weighted by Gasteiger charge is 2.24. The topological polar surface area (TPSA) is 63.4 Å². The number of nitrogens with zero attached hydrogens (tertiary/aromatic N) is 1. The molecule has 0 bridgehead atoms. The molecule has 1 rings (SSSR count). The predicted molar refractivity (Wildman–Crippen MR) is 86.4 cm³/mol. The number of hydrogen-bond donors (Lipinski definition) is 1. The van der Waals surface area contributed by atoms with Crippen molar-refractivity contribution in [3.05, 3.63) is 29.3 Å². The molecule has 2 N–H and O–H groups in total. The molecular formula is C14H22N2O2S2. The molecule has 0 amide bonds. The van der Waals surface area contributed by atoms with Crippen molar-refractivity contribution in [2.75, 3.05) is 13.1 Å². The molecule has 0 saturated carbocycles. The maximum Gasteiger partial charge on any atom is 0.243 e. The van der Waals surface area contributed by atoms with E-state index in [0.717, 1.165) is 12.8 Å². The minimum absolute atomic E-state index is 0.273. The monoisotopic (exact) mass is 314 g/mol. The second kappa shape index (κ2) is 7.15. The van der Waals surface area contributed by atoms with Crippen molar-refractivity contribution >= 4 is 27.2 Å². The number of nitrogens with two attached hydrogens (primary N) is 1. The summed E-state index contributed by atoms with van der Waals surface area (Å²) in [5, 5.41) is 0. The third kappa shape index (κ3) is 3.77. The fourth-order valence-electron chi connectivity index (χ4n) is 2.01. The van der Waals surface area contributed by atoms with Crippen molar-refractivity contribution < 1.29 is 8.42 Å². The van der Waals surface area contributed by atoms with Gasteiger partial charge in [-0.25, -0.2) is 8.42 Å². The first-order valence-electron chi connectivity index (χ1n) is 6.75. The van der Waals surface area contributed by atoms with Crippen LogP contribution in [0.25, 0.3) is 0 Å². The summed E-state index contributed by atoms with van der Waals surface area (Å²) in [6.07, 6.45) is 1.82. The number of hydrogen-bond acceptors (Lipinski definition) is 3. The molecule has 20 heavy (non-hydrogen) atoms. The predicted octanol–water partition coefficient (Wildman–Crippen LogP) is 2.44. The lowest BCUT2D eigenvalue weighted by Crippen LogP contribution is -2.32. The summed E-state index contributed by atoms with van der Waals surface area (Å²) in [7, 11) is -3.45. The number of thiocarbonyl (C=S) groups is 1. The van der Waals surface area contributed by atoms with Crippen LogP contribution in [0, 0.1) is 6.92 Å². The van der Waals surface area contributed by atoms with Crippen molar-refractivity contribution in [3.8, 4) is 0 Å². The lowest BCUT2D eigenvalue weighted by atomic mass is 10.1. The number of sulfonamides is 1. The summed E-state index contributed by atoms with van der Waals surface area (Å²) in [6, 6.07) is 4.98. The molecule has 0 heterocycles. The Morgan fingerprint density at radius 3 is 2.45 bits per heavy atom. The minimum Gasteiger partial charge on any atom is -0.389 e. The number of benzene rings is 1. The van der Waals surface area contributed by atoms with Gasteiger partial charge in [0.1, 0.15) is 4.99 Å². The van der Waals surface area contributed by atoms with Gasteiger partial charge in [-0.1, -0.05) is 38.6 Å². The van der Waals surface area contributed by atoms with Gasteiger partial charge in [-0.05, 0) is 31.0 Å². The van der Waals surface area contributed by atoms with E-state index in [2.05, 4.69) is 0 Å². The van der Waals surface area contributed by atoms with Crippen LogP contribution < -0.4 is 5.73 Å². The third-order valence-electron chi connectivity index (χ3n) is 3.19. The Morgan fingerprint density at radius 1 is 1.35 bits per heavy atom. The Bertz CT molecular complexity index is 583. The highest BCUT2D eigenvalue weighted by molar-refractivity contribution is 7.89. The van der Waals surface area contributed by atoms with Crippen LogP contribution in [0.5, 0.6) is 0 Å². The Kier molecular flexibility index (Phi) is 6.10. The molecular weight excluding hydrogens is 292 g/mol. The van der Waals surface area contributed by atoms with Crippen molar-refractivity contribution in [2.45, 2.75) is 38.5 Å². The number of aryl methyl sites for hydroxylation is 1. The lowest BCUT2D eigenvalue weighted by molar-refractivity contribution is 0.418. The van der Waals surface area contributed by atoms with Crippen LogP contribution in [0.15, 0.2) is 23.1 Å². The van der Waals surface area contributed by atoms with Crippen LogP contribution in [0.1, 0.15) is 37.8 Å². The van der Waals surface area contributed by atoms with Gasteiger partial charge >= 0.3 is 0 Å². The molecule has 6 heteroatoms. The van der Waals surface area contributed by atoms with Gasteiger partial charge in [-0.3, -0.25) is 0 Å². The van der Waals surface area contributed by atoms with Crippen LogP contribution >= 0.6 is 12.2 Å². The average molecular weight is 314 g/mol. The maximum atomic E-state index is 12.6. The van der Waals surface area contributed by atoms with Crippen LogP contribution in [-0.2, 0) is 10.0 Å². The van der Waals surface area contributed by atoms with Gasteiger partial charge in [0.25, 0.3) is 0 Å². The molecule has 4 nitrogen and oxygen atoms in total. The molecule has 112 valence electrons. The number of rotatable bonds is 7. The van der Waals surface area contributed by atoms with Crippen molar-refractivity contribution in [2.24, 2.45) is 5.73 Å². The van der Waals surface area contributed by atoms with Gasteiger partial charge in [0.2, 0.25) is 10.0 Å². The van der Waals surface area contributed by atoms with E-state index >= 15 is 0 Å². The Hall–Kier alpha value is -0.980. The largest absolute Gasteiger partial charge is 0.389 e. The fourth-order valence-corrected chi connectivity index (χ4v) is 3.83. The highest BCUT2D eigenvalue weighted by Crippen LogP contribution is 2.21. The van der Waals surface area contributed by atoms with Crippen LogP contribution in [-0.4, -0.2) is 30.8 Å². The van der Waals surface area contributed by atoms with E-state index in [1.807, 2.05) is 13.8 Å². The number of unbranched alkanes of at least 4 members (excludes halogenated alkanes) is 1. The quantitative estimate of drug-likeness (QED) is 0.785. The smallest absolute Gasteiger partial charge is 0.243 e. The average Bonchev–Trinajstić information content (AvgIpc) is 2.38. The van der Waals surface area contributed by atoms with Crippen LogP contribution in [0.4, 0.5) is 0 Å². The normalized spacial score (nSPS) is 11.8. The Balaban J connectivity index is 3.17. The summed E-state index contributed by atoms with van der Waals surface area (Å²) in [5.74, 6) is 0. The molecule has 0 aliphatic carbocycles. The first-order chi connectivity index (χ1) is 9.34. The van der Waals surface area contributed by atoms with Gasteiger partial charge in [-0.2, -0.15) is 4.31 Å². The summed E-state index contributed by atoms with van der Waals surface area (Å²) in [4.78, 5) is 0.603. The van der Waals surface area contributed by atoms with Crippen molar-refractivity contribution in [3.63, 3.8) is 0 Å². The molecule has 0 spiro atoms. The molecule has 0 radical (unpaired) electrons. The van der Waals surface area contributed by atoms with Crippen LogP contribution in [0.3, 0.4) is 0 Å². The molecule has 1 aromatic carbocycles. The fraction of sp³-hybridized carbons (Fsp3) is 0.500. The standard InChI is InChI=1S/C14H22N2O2S2/c1-4-6-9-16(5-2)20(17,18)13-8-7-12(14(15)19)10-11(13)3/h7-8,10H,4-6,9H2,1-3H3,(H2,15,19). The van der Waals surface area contributed by atoms with Crippen LogP contribution in [0.2, 0.25) is 0 Å². The zero-order valence-electron chi connectivity index (χ0n) is 12.2. The second-order valence-corrected chi connectivity index (χ2v) is 7.04. The van der Waals surface area contributed by atoms with E-state index in [1.54, 1.807) is 25.1 Å².